The largest absolute Gasteiger partial charge is 0.454 e. The van der Waals surface area contributed by atoms with Crippen molar-refractivity contribution in [3.05, 3.63) is 23.8 Å². The molecule has 11 nitrogen and oxygen atoms in total. The van der Waals surface area contributed by atoms with Crippen molar-refractivity contribution in [3.63, 3.8) is 0 Å². The first-order valence-corrected chi connectivity index (χ1v) is 11.3. The zero-order chi connectivity index (χ0) is 22.7. The van der Waals surface area contributed by atoms with Gasteiger partial charge in [0.15, 0.2) is 16.7 Å². The molecule has 0 saturated heterocycles. The van der Waals surface area contributed by atoms with Crippen molar-refractivity contribution in [3.8, 4) is 11.5 Å². The molecule has 0 radical (unpaired) electrons. The molecule has 1 aliphatic heterocycles. The number of benzene rings is 1. The summed E-state index contributed by atoms with van der Waals surface area (Å²) in [5.41, 5.74) is 0.330. The molecule has 3 heterocycles. The Bertz CT molecular complexity index is 1130. The Morgan fingerprint density at radius 3 is 2.69 bits per heavy atom. The normalized spacial score (nSPS) is 12.8. The number of anilines is 2. The number of thioether (sulfide) groups is 1. The number of nitrogens with zero attached hydrogens (tertiary/aromatic N) is 5. The predicted octanol–water partition coefficient (Wildman–Crippen LogP) is 2.26. The molecule has 1 aliphatic rings. The van der Waals surface area contributed by atoms with Crippen LogP contribution in [0.15, 0.2) is 23.4 Å². The second-order valence-corrected chi connectivity index (χ2v) is 8.52. The van der Waals surface area contributed by atoms with E-state index in [-0.39, 0.29) is 18.5 Å². The number of amides is 1. The number of hydrogen-bond donors (Lipinski definition) is 3. The molecule has 1 amide bonds. The third-order valence-electron chi connectivity index (χ3n) is 4.79. The van der Waals surface area contributed by atoms with E-state index < -0.39 is 5.54 Å². The monoisotopic (exact) mass is 458 g/mol. The Balaban J connectivity index is 1.46. The van der Waals surface area contributed by atoms with Crippen LogP contribution in [0.1, 0.15) is 33.3 Å². The van der Waals surface area contributed by atoms with E-state index in [4.69, 9.17) is 9.47 Å². The maximum Gasteiger partial charge on any atom is 0.261 e. The average Bonchev–Trinajstić information content (AvgIpc) is 3.39. The standard InChI is InChI=1S/C20H26N8O3S/c1-5-21-16-23-17(22-6-2)28-18(24-16)26-27-19(28)32-10-15(29)25-20(3,4)12-7-8-13-14(9-12)31-11-30-13/h7-9H,5-6,10-11H2,1-4H3,(H,25,29)(H2,21,22,23,24,26). The van der Waals surface area contributed by atoms with Gasteiger partial charge in [0, 0.05) is 13.1 Å². The highest BCUT2D eigenvalue weighted by Crippen LogP contribution is 2.35. The molecular formula is C20H26N8O3S. The lowest BCUT2D eigenvalue weighted by Gasteiger charge is -2.27. The van der Waals surface area contributed by atoms with Crippen molar-refractivity contribution in [2.45, 2.75) is 38.4 Å². The summed E-state index contributed by atoms with van der Waals surface area (Å²) >= 11 is 1.27. The molecule has 12 heteroatoms. The van der Waals surface area contributed by atoms with Crippen LogP contribution in [0.3, 0.4) is 0 Å². The molecule has 0 aliphatic carbocycles. The summed E-state index contributed by atoms with van der Waals surface area (Å²) in [6, 6.07) is 5.67. The Morgan fingerprint density at radius 1 is 1.12 bits per heavy atom. The molecule has 0 spiro atoms. The summed E-state index contributed by atoms with van der Waals surface area (Å²) in [5, 5.41) is 18.2. The van der Waals surface area contributed by atoms with Crippen LogP contribution in [0.25, 0.3) is 5.78 Å². The summed E-state index contributed by atoms with van der Waals surface area (Å²) in [4.78, 5) is 21.6. The molecule has 0 bridgehead atoms. The van der Waals surface area contributed by atoms with E-state index in [2.05, 4.69) is 36.1 Å². The summed E-state index contributed by atoms with van der Waals surface area (Å²) < 4.78 is 12.5. The number of carbonyl (C=O) groups is 1. The van der Waals surface area contributed by atoms with Crippen molar-refractivity contribution in [2.24, 2.45) is 0 Å². The Labute approximate surface area is 189 Å². The first-order valence-electron chi connectivity index (χ1n) is 10.4. The Kier molecular flexibility index (Phi) is 6.21. The lowest BCUT2D eigenvalue weighted by molar-refractivity contribution is -0.120. The molecule has 170 valence electrons. The second-order valence-electron chi connectivity index (χ2n) is 7.58. The maximum atomic E-state index is 12.7. The van der Waals surface area contributed by atoms with E-state index in [1.54, 1.807) is 4.40 Å². The minimum atomic E-state index is -0.593. The zero-order valence-electron chi connectivity index (χ0n) is 18.4. The first-order chi connectivity index (χ1) is 15.4. The fourth-order valence-corrected chi connectivity index (χ4v) is 4.00. The van der Waals surface area contributed by atoms with Crippen LogP contribution in [0.4, 0.5) is 11.9 Å². The van der Waals surface area contributed by atoms with Gasteiger partial charge in [-0.2, -0.15) is 9.97 Å². The van der Waals surface area contributed by atoms with Crippen LogP contribution in [0.2, 0.25) is 0 Å². The molecule has 2 aromatic heterocycles. The van der Waals surface area contributed by atoms with E-state index in [0.29, 0.717) is 47.4 Å². The second kappa shape index (κ2) is 9.07. The lowest BCUT2D eigenvalue weighted by Crippen LogP contribution is -2.41. The minimum Gasteiger partial charge on any atom is -0.454 e. The maximum absolute atomic E-state index is 12.7. The van der Waals surface area contributed by atoms with E-state index in [1.807, 2.05) is 45.9 Å². The van der Waals surface area contributed by atoms with Gasteiger partial charge in [-0.1, -0.05) is 17.8 Å². The van der Waals surface area contributed by atoms with Gasteiger partial charge in [0.05, 0.1) is 11.3 Å². The molecule has 0 unspecified atom stereocenters. The van der Waals surface area contributed by atoms with Gasteiger partial charge in [-0.25, -0.2) is 4.40 Å². The molecule has 1 aromatic carbocycles. The quantitative estimate of drug-likeness (QED) is 0.411. The van der Waals surface area contributed by atoms with Crippen LogP contribution in [-0.2, 0) is 10.3 Å². The number of fused-ring (bicyclic) bond motifs is 2. The highest BCUT2D eigenvalue weighted by molar-refractivity contribution is 7.99. The minimum absolute atomic E-state index is 0.135. The van der Waals surface area contributed by atoms with Crippen molar-refractivity contribution in [1.29, 1.82) is 0 Å². The number of ether oxygens (including phenoxy) is 2. The van der Waals surface area contributed by atoms with Crippen molar-refractivity contribution >= 4 is 35.3 Å². The van der Waals surface area contributed by atoms with Gasteiger partial charge in [-0.3, -0.25) is 4.79 Å². The molecule has 0 saturated carbocycles. The average molecular weight is 459 g/mol. The summed E-state index contributed by atoms with van der Waals surface area (Å²) in [7, 11) is 0. The van der Waals surface area contributed by atoms with Crippen LogP contribution < -0.4 is 25.4 Å². The molecule has 0 fully saturated rings. The van der Waals surface area contributed by atoms with Gasteiger partial charge >= 0.3 is 0 Å². The highest BCUT2D eigenvalue weighted by atomic mass is 32.2. The van der Waals surface area contributed by atoms with Crippen LogP contribution in [0.5, 0.6) is 11.5 Å². The Hall–Kier alpha value is -3.28. The number of carbonyl (C=O) groups excluding carboxylic acids is 1. The molecule has 32 heavy (non-hydrogen) atoms. The molecule has 4 rings (SSSR count). The van der Waals surface area contributed by atoms with Crippen LogP contribution >= 0.6 is 11.8 Å². The smallest absolute Gasteiger partial charge is 0.261 e. The summed E-state index contributed by atoms with van der Waals surface area (Å²) in [5.74, 6) is 2.88. The fraction of sp³-hybridized carbons (Fsp3) is 0.450. The van der Waals surface area contributed by atoms with Crippen molar-refractivity contribution in [1.82, 2.24) is 29.9 Å². The molecule has 0 atom stereocenters. The number of rotatable bonds is 9. The van der Waals surface area contributed by atoms with Crippen molar-refractivity contribution in [2.75, 3.05) is 36.3 Å². The third-order valence-corrected chi connectivity index (χ3v) is 5.72. The van der Waals surface area contributed by atoms with E-state index in [1.165, 1.54) is 11.8 Å². The highest BCUT2D eigenvalue weighted by Gasteiger charge is 2.26. The van der Waals surface area contributed by atoms with Crippen LogP contribution in [-0.4, -0.2) is 56.1 Å². The number of hydrogen-bond acceptors (Lipinski definition) is 10. The molecule has 3 aromatic rings. The van der Waals surface area contributed by atoms with E-state index in [9.17, 15) is 4.79 Å². The fourth-order valence-electron chi connectivity index (χ4n) is 3.27. The predicted molar refractivity (Wildman–Crippen MR) is 121 cm³/mol. The van der Waals surface area contributed by atoms with Crippen LogP contribution in [0, 0.1) is 0 Å². The van der Waals surface area contributed by atoms with Gasteiger partial charge in [-0.05, 0) is 45.4 Å². The lowest BCUT2D eigenvalue weighted by atomic mass is 9.94. The van der Waals surface area contributed by atoms with Gasteiger partial charge < -0.3 is 25.4 Å². The third kappa shape index (κ3) is 4.49. The zero-order valence-corrected chi connectivity index (χ0v) is 19.2. The van der Waals surface area contributed by atoms with Gasteiger partial charge in [0.1, 0.15) is 0 Å². The van der Waals surface area contributed by atoms with Gasteiger partial charge in [0.25, 0.3) is 5.78 Å². The SMILES string of the molecule is CCNc1nc(NCC)n2c(SCC(=O)NC(C)(C)c3ccc4c(c3)OCO4)nnc2n1. The number of aromatic nitrogens is 5. The van der Waals surface area contributed by atoms with Gasteiger partial charge in [-0.15, -0.1) is 10.2 Å². The Morgan fingerprint density at radius 2 is 1.91 bits per heavy atom. The molecule has 3 N–H and O–H groups in total. The number of nitrogens with one attached hydrogen (secondary N) is 3. The summed E-state index contributed by atoms with van der Waals surface area (Å²) in [6.07, 6.45) is 0. The van der Waals surface area contributed by atoms with E-state index in [0.717, 1.165) is 5.56 Å². The topological polar surface area (TPSA) is 128 Å². The van der Waals surface area contributed by atoms with Crippen molar-refractivity contribution < 1.29 is 14.3 Å². The molecular weight excluding hydrogens is 432 g/mol. The first kappa shape index (κ1) is 21.9. The van der Waals surface area contributed by atoms with E-state index >= 15 is 0 Å². The summed E-state index contributed by atoms with van der Waals surface area (Å²) in [6.45, 7) is 9.40. The van der Waals surface area contributed by atoms with Gasteiger partial charge in [0.2, 0.25) is 24.6 Å².